The van der Waals surface area contributed by atoms with Gasteiger partial charge in [0, 0.05) is 37.9 Å². The molecule has 1 N–H and O–H groups in total. The van der Waals surface area contributed by atoms with Crippen molar-refractivity contribution in [2.45, 2.75) is 0 Å². The first-order valence-corrected chi connectivity index (χ1v) is 9.70. The number of rotatable bonds is 6. The summed E-state index contributed by atoms with van der Waals surface area (Å²) in [5.41, 5.74) is 2.53. The second kappa shape index (κ2) is 8.98. The fourth-order valence-corrected chi connectivity index (χ4v) is 3.32. The molecule has 2 aromatic carbocycles. The Morgan fingerprint density at radius 1 is 1.07 bits per heavy atom. The van der Waals surface area contributed by atoms with E-state index in [1.165, 1.54) is 12.1 Å². The van der Waals surface area contributed by atoms with Gasteiger partial charge in [-0.05, 0) is 36.4 Å². The molecule has 1 aliphatic rings. The van der Waals surface area contributed by atoms with Crippen LogP contribution in [0.4, 0.5) is 4.39 Å². The number of hydrogen-bond donors (Lipinski definition) is 1. The number of morpholine rings is 1. The van der Waals surface area contributed by atoms with Gasteiger partial charge in [0.05, 0.1) is 24.5 Å². The van der Waals surface area contributed by atoms with Gasteiger partial charge in [0.1, 0.15) is 11.5 Å². The minimum absolute atomic E-state index is 0.195. The van der Waals surface area contributed by atoms with Gasteiger partial charge >= 0.3 is 0 Å². The molecule has 0 aliphatic carbocycles. The van der Waals surface area contributed by atoms with E-state index < -0.39 is 0 Å². The lowest BCUT2D eigenvalue weighted by atomic mass is 10.1. The molecule has 1 aromatic heterocycles. The van der Waals surface area contributed by atoms with Gasteiger partial charge in [0.2, 0.25) is 0 Å². The number of amides is 1. The van der Waals surface area contributed by atoms with Gasteiger partial charge in [-0.1, -0.05) is 18.2 Å². The summed E-state index contributed by atoms with van der Waals surface area (Å²) in [7, 11) is 0. The van der Waals surface area contributed by atoms with Crippen molar-refractivity contribution in [2.75, 3.05) is 39.4 Å². The molecule has 0 spiro atoms. The third kappa shape index (κ3) is 4.70. The van der Waals surface area contributed by atoms with Crippen molar-refractivity contribution < 1.29 is 13.9 Å². The number of hydrogen-bond acceptors (Lipinski definition) is 4. The molecule has 0 unspecified atom stereocenters. The minimum Gasteiger partial charge on any atom is -0.379 e. The van der Waals surface area contributed by atoms with Crippen LogP contribution in [0.5, 0.6) is 0 Å². The summed E-state index contributed by atoms with van der Waals surface area (Å²) < 4.78 is 20.4. The lowest BCUT2D eigenvalue weighted by Gasteiger charge is -2.26. The van der Waals surface area contributed by atoms with E-state index in [0.717, 1.165) is 38.5 Å². The zero-order valence-corrected chi connectivity index (χ0v) is 16.1. The van der Waals surface area contributed by atoms with Crippen LogP contribution in [0.15, 0.2) is 60.8 Å². The Morgan fingerprint density at radius 3 is 2.52 bits per heavy atom. The molecule has 1 aliphatic heterocycles. The van der Waals surface area contributed by atoms with Crippen LogP contribution in [-0.2, 0) is 4.74 Å². The lowest BCUT2D eigenvalue weighted by Crippen LogP contribution is -2.41. The van der Waals surface area contributed by atoms with Crippen LogP contribution in [0.25, 0.3) is 16.9 Å². The maximum Gasteiger partial charge on any atom is 0.255 e. The molecular formula is C22H23FN4O2. The standard InChI is InChI=1S/C22H23FN4O2/c23-18-8-6-17(7-9-18)21-20(16-27(25-21)19-4-2-1-3-5-19)22(28)24-10-11-26-12-14-29-15-13-26/h1-9,16H,10-15H2,(H,24,28). The third-order valence-corrected chi connectivity index (χ3v) is 4.91. The Hall–Kier alpha value is -3.03. The molecule has 7 heteroatoms. The molecule has 4 rings (SSSR count). The van der Waals surface area contributed by atoms with E-state index in [1.54, 1.807) is 23.0 Å². The summed E-state index contributed by atoms with van der Waals surface area (Å²) in [6.45, 7) is 4.52. The predicted octanol–water partition coefficient (Wildman–Crippen LogP) is 2.74. The van der Waals surface area contributed by atoms with E-state index in [2.05, 4.69) is 15.3 Å². The summed E-state index contributed by atoms with van der Waals surface area (Å²) in [6, 6.07) is 15.6. The Balaban J connectivity index is 1.55. The Labute approximate surface area is 168 Å². The highest BCUT2D eigenvalue weighted by Crippen LogP contribution is 2.24. The zero-order valence-electron chi connectivity index (χ0n) is 16.1. The second-order valence-electron chi connectivity index (χ2n) is 6.89. The number of nitrogens with one attached hydrogen (secondary N) is 1. The molecule has 150 valence electrons. The number of para-hydroxylation sites is 1. The number of benzene rings is 2. The van der Waals surface area contributed by atoms with E-state index in [1.807, 2.05) is 30.3 Å². The number of aromatic nitrogens is 2. The summed E-state index contributed by atoms with van der Waals surface area (Å²) >= 11 is 0. The van der Waals surface area contributed by atoms with E-state index in [0.29, 0.717) is 23.4 Å². The second-order valence-corrected chi connectivity index (χ2v) is 6.89. The molecular weight excluding hydrogens is 371 g/mol. The minimum atomic E-state index is -0.326. The smallest absolute Gasteiger partial charge is 0.255 e. The van der Waals surface area contributed by atoms with Crippen LogP contribution in [0.2, 0.25) is 0 Å². The summed E-state index contributed by atoms with van der Waals surface area (Å²) in [5, 5.41) is 7.59. The number of ether oxygens (including phenoxy) is 1. The Bertz CT molecular complexity index is 951. The first-order chi connectivity index (χ1) is 14.2. The quantitative estimate of drug-likeness (QED) is 0.699. The molecule has 0 radical (unpaired) electrons. The first kappa shape index (κ1) is 19.3. The van der Waals surface area contributed by atoms with Gasteiger partial charge in [-0.15, -0.1) is 0 Å². The van der Waals surface area contributed by atoms with E-state index in [-0.39, 0.29) is 11.7 Å². The molecule has 3 aromatic rings. The van der Waals surface area contributed by atoms with Gasteiger partial charge in [0.15, 0.2) is 0 Å². The highest BCUT2D eigenvalue weighted by Gasteiger charge is 2.19. The van der Waals surface area contributed by atoms with Crippen molar-refractivity contribution in [3.05, 3.63) is 72.2 Å². The summed E-state index contributed by atoms with van der Waals surface area (Å²) in [5.74, 6) is -0.521. The molecule has 0 atom stereocenters. The zero-order chi connectivity index (χ0) is 20.1. The molecule has 0 bridgehead atoms. The van der Waals surface area contributed by atoms with Crippen molar-refractivity contribution >= 4 is 5.91 Å². The summed E-state index contributed by atoms with van der Waals surface area (Å²) in [4.78, 5) is 15.2. The average molecular weight is 394 g/mol. The van der Waals surface area contributed by atoms with Crippen molar-refractivity contribution in [1.82, 2.24) is 20.0 Å². The summed E-state index contributed by atoms with van der Waals surface area (Å²) in [6.07, 6.45) is 1.72. The molecule has 0 saturated carbocycles. The fourth-order valence-electron chi connectivity index (χ4n) is 3.32. The van der Waals surface area contributed by atoms with E-state index in [9.17, 15) is 9.18 Å². The van der Waals surface area contributed by atoms with Gasteiger partial charge in [-0.3, -0.25) is 9.69 Å². The Kier molecular flexibility index (Phi) is 5.97. The van der Waals surface area contributed by atoms with Crippen LogP contribution in [0.1, 0.15) is 10.4 Å². The normalized spacial score (nSPS) is 14.7. The maximum absolute atomic E-state index is 13.4. The van der Waals surface area contributed by atoms with Gasteiger partial charge in [-0.25, -0.2) is 9.07 Å². The topological polar surface area (TPSA) is 59.4 Å². The molecule has 1 saturated heterocycles. The number of carbonyl (C=O) groups is 1. The van der Waals surface area contributed by atoms with Crippen molar-refractivity contribution in [3.8, 4) is 16.9 Å². The maximum atomic E-state index is 13.4. The Morgan fingerprint density at radius 2 is 1.79 bits per heavy atom. The molecule has 1 fully saturated rings. The van der Waals surface area contributed by atoms with Crippen LogP contribution < -0.4 is 5.32 Å². The van der Waals surface area contributed by atoms with Crippen LogP contribution in [0.3, 0.4) is 0 Å². The fraction of sp³-hybridized carbons (Fsp3) is 0.273. The largest absolute Gasteiger partial charge is 0.379 e. The van der Waals surface area contributed by atoms with Crippen LogP contribution >= 0.6 is 0 Å². The van der Waals surface area contributed by atoms with Gasteiger partial charge < -0.3 is 10.1 Å². The SMILES string of the molecule is O=C(NCCN1CCOCC1)c1cn(-c2ccccc2)nc1-c1ccc(F)cc1. The lowest BCUT2D eigenvalue weighted by molar-refractivity contribution is 0.0383. The van der Waals surface area contributed by atoms with E-state index in [4.69, 9.17) is 4.74 Å². The highest BCUT2D eigenvalue weighted by molar-refractivity contribution is 5.99. The third-order valence-electron chi connectivity index (χ3n) is 4.91. The molecule has 1 amide bonds. The number of nitrogens with zero attached hydrogens (tertiary/aromatic N) is 3. The monoisotopic (exact) mass is 394 g/mol. The van der Waals surface area contributed by atoms with Crippen molar-refractivity contribution in [2.24, 2.45) is 0 Å². The molecule has 2 heterocycles. The van der Waals surface area contributed by atoms with E-state index >= 15 is 0 Å². The predicted molar refractivity (Wildman–Crippen MR) is 109 cm³/mol. The van der Waals surface area contributed by atoms with Crippen molar-refractivity contribution in [3.63, 3.8) is 0 Å². The average Bonchev–Trinajstić information content (AvgIpc) is 3.21. The molecule has 6 nitrogen and oxygen atoms in total. The van der Waals surface area contributed by atoms with Crippen molar-refractivity contribution in [1.29, 1.82) is 0 Å². The number of carbonyl (C=O) groups excluding carboxylic acids is 1. The molecule has 29 heavy (non-hydrogen) atoms. The van der Waals surface area contributed by atoms with Crippen LogP contribution in [-0.4, -0.2) is 60.0 Å². The van der Waals surface area contributed by atoms with Crippen LogP contribution in [0, 0.1) is 5.82 Å². The highest BCUT2D eigenvalue weighted by atomic mass is 19.1. The number of halogens is 1. The first-order valence-electron chi connectivity index (χ1n) is 9.70. The van der Waals surface area contributed by atoms with Gasteiger partial charge in [0.25, 0.3) is 5.91 Å². The van der Waals surface area contributed by atoms with Gasteiger partial charge in [-0.2, -0.15) is 5.10 Å².